The highest BCUT2D eigenvalue weighted by molar-refractivity contribution is 6.00. The van der Waals surface area contributed by atoms with Crippen LogP contribution in [0.4, 0.5) is 17.6 Å². The zero-order valence-corrected chi connectivity index (χ0v) is 10.2. The van der Waals surface area contributed by atoms with Gasteiger partial charge in [0.2, 0.25) is 0 Å². The number of rotatable bonds is 4. The lowest BCUT2D eigenvalue weighted by Crippen LogP contribution is -2.25. The van der Waals surface area contributed by atoms with Crippen molar-refractivity contribution in [2.75, 3.05) is 6.54 Å². The zero-order valence-electron chi connectivity index (χ0n) is 10.2. The Labute approximate surface area is 108 Å². The lowest BCUT2D eigenvalue weighted by atomic mass is 10.1. The summed E-state index contributed by atoms with van der Waals surface area (Å²) in [5.41, 5.74) is 1.39. The van der Waals surface area contributed by atoms with E-state index in [0.29, 0.717) is 25.1 Å². The first-order valence-electron chi connectivity index (χ1n) is 6.06. The van der Waals surface area contributed by atoms with Gasteiger partial charge in [-0.25, -0.2) is 4.39 Å². The molecule has 1 N–H and O–H groups in total. The average molecular weight is 274 g/mol. The minimum absolute atomic E-state index is 0.0536. The molecule has 0 aliphatic carbocycles. The molecule has 1 heterocycles. The average Bonchev–Trinajstić information content (AvgIpc) is 2.61. The quantitative estimate of drug-likeness (QED) is 0.658. The van der Waals surface area contributed by atoms with Gasteiger partial charge in [0.15, 0.2) is 0 Å². The predicted octanol–water partition coefficient (Wildman–Crippen LogP) is 3.70. The Morgan fingerprint density at radius 1 is 1.21 bits per heavy atom. The van der Waals surface area contributed by atoms with Crippen LogP contribution in [0.25, 0.3) is 0 Å². The van der Waals surface area contributed by atoms with Gasteiger partial charge in [-0.2, -0.15) is 13.2 Å². The Morgan fingerprint density at radius 3 is 2.63 bits per heavy atom. The Bertz CT molecular complexity index is 482. The van der Waals surface area contributed by atoms with E-state index in [-0.39, 0.29) is 12.3 Å². The molecule has 1 aromatic carbocycles. The molecular weight excluding hydrogens is 260 g/mol. The standard InChI is InChI=1S/C13H14F4N2/c14-10-4-3-9-8-19(12(18)11(9)7-10)6-2-1-5-13(15,16)17/h3-4,7,18H,1-2,5-6,8H2. The van der Waals surface area contributed by atoms with Crippen molar-refractivity contribution in [2.45, 2.75) is 32.0 Å². The molecule has 1 aromatic rings. The molecule has 0 fully saturated rings. The lowest BCUT2D eigenvalue weighted by Gasteiger charge is -2.17. The molecular formula is C13H14F4N2. The smallest absolute Gasteiger partial charge is 0.352 e. The summed E-state index contributed by atoms with van der Waals surface area (Å²) in [5.74, 6) is -0.205. The number of nitrogens with zero attached hydrogens (tertiary/aromatic N) is 1. The first-order chi connectivity index (χ1) is 8.87. The summed E-state index contributed by atoms with van der Waals surface area (Å²) in [6.07, 6.45) is -4.49. The second-order valence-corrected chi connectivity index (χ2v) is 4.64. The zero-order chi connectivity index (χ0) is 14.0. The summed E-state index contributed by atoms with van der Waals surface area (Å²) in [6.45, 7) is 0.867. The highest BCUT2D eigenvalue weighted by Crippen LogP contribution is 2.25. The van der Waals surface area contributed by atoms with E-state index in [0.717, 1.165) is 5.56 Å². The Kier molecular flexibility index (Phi) is 3.78. The van der Waals surface area contributed by atoms with E-state index in [1.807, 2.05) is 0 Å². The van der Waals surface area contributed by atoms with Crippen LogP contribution in [0.3, 0.4) is 0 Å². The second kappa shape index (κ2) is 5.19. The van der Waals surface area contributed by atoms with Gasteiger partial charge in [0.05, 0.1) is 0 Å². The fourth-order valence-electron chi connectivity index (χ4n) is 2.18. The number of benzene rings is 1. The van der Waals surface area contributed by atoms with E-state index >= 15 is 0 Å². The third-order valence-electron chi connectivity index (χ3n) is 3.14. The van der Waals surface area contributed by atoms with Gasteiger partial charge in [-0.05, 0) is 30.5 Å². The highest BCUT2D eigenvalue weighted by Gasteiger charge is 2.27. The monoisotopic (exact) mass is 274 g/mol. The van der Waals surface area contributed by atoms with Crippen molar-refractivity contribution < 1.29 is 17.6 Å². The molecule has 0 saturated heterocycles. The Morgan fingerprint density at radius 2 is 1.95 bits per heavy atom. The molecule has 104 valence electrons. The van der Waals surface area contributed by atoms with Crippen LogP contribution in [0.5, 0.6) is 0 Å². The van der Waals surface area contributed by atoms with Crippen LogP contribution in [-0.4, -0.2) is 23.5 Å². The van der Waals surface area contributed by atoms with Crippen LogP contribution >= 0.6 is 0 Å². The fraction of sp³-hybridized carbons (Fsp3) is 0.462. The summed E-state index contributed by atoms with van der Waals surface area (Å²) in [5, 5.41) is 7.88. The number of unbranched alkanes of at least 4 members (excludes halogenated alkanes) is 1. The molecule has 0 atom stereocenters. The minimum atomic E-state index is -4.12. The van der Waals surface area contributed by atoms with E-state index in [9.17, 15) is 17.6 Å². The summed E-state index contributed by atoms with van der Waals surface area (Å²) in [7, 11) is 0. The molecule has 0 aromatic heterocycles. The van der Waals surface area contributed by atoms with Gasteiger partial charge >= 0.3 is 6.18 Å². The van der Waals surface area contributed by atoms with Crippen molar-refractivity contribution in [3.63, 3.8) is 0 Å². The van der Waals surface area contributed by atoms with Crippen molar-refractivity contribution in [1.82, 2.24) is 4.90 Å². The molecule has 2 rings (SSSR count). The normalized spacial score (nSPS) is 14.9. The van der Waals surface area contributed by atoms with Gasteiger partial charge in [0.25, 0.3) is 0 Å². The van der Waals surface area contributed by atoms with Gasteiger partial charge in [-0.1, -0.05) is 6.07 Å². The van der Waals surface area contributed by atoms with Crippen LogP contribution in [0.15, 0.2) is 18.2 Å². The Hall–Kier alpha value is -1.59. The molecule has 0 amide bonds. The maximum Gasteiger partial charge on any atom is 0.389 e. The van der Waals surface area contributed by atoms with Gasteiger partial charge in [-0.15, -0.1) is 0 Å². The third-order valence-corrected chi connectivity index (χ3v) is 3.14. The molecule has 19 heavy (non-hydrogen) atoms. The number of hydrogen-bond donors (Lipinski definition) is 1. The summed E-state index contributed by atoms with van der Waals surface area (Å²) >= 11 is 0. The van der Waals surface area contributed by atoms with E-state index < -0.39 is 18.4 Å². The van der Waals surface area contributed by atoms with Gasteiger partial charge in [0.1, 0.15) is 11.7 Å². The Balaban J connectivity index is 1.87. The van der Waals surface area contributed by atoms with Gasteiger partial charge in [-0.3, -0.25) is 5.41 Å². The van der Waals surface area contributed by atoms with E-state index in [2.05, 4.69) is 0 Å². The topological polar surface area (TPSA) is 27.1 Å². The van der Waals surface area contributed by atoms with Crippen molar-refractivity contribution >= 4 is 5.84 Å². The van der Waals surface area contributed by atoms with Crippen LogP contribution in [0.1, 0.15) is 30.4 Å². The van der Waals surface area contributed by atoms with Crippen molar-refractivity contribution in [3.05, 3.63) is 35.1 Å². The molecule has 1 aliphatic heterocycles. The number of alkyl halides is 3. The van der Waals surface area contributed by atoms with Crippen molar-refractivity contribution in [1.29, 1.82) is 5.41 Å². The van der Waals surface area contributed by atoms with Gasteiger partial charge in [0, 0.05) is 25.1 Å². The summed E-state index contributed by atoms with van der Waals surface area (Å²) in [6, 6.07) is 4.25. The van der Waals surface area contributed by atoms with E-state index in [1.165, 1.54) is 12.1 Å². The molecule has 0 unspecified atom stereocenters. The molecule has 0 radical (unpaired) electrons. The first-order valence-corrected chi connectivity index (χ1v) is 6.06. The molecule has 1 aliphatic rings. The largest absolute Gasteiger partial charge is 0.389 e. The SMILES string of the molecule is N=C1c2cc(F)ccc2CN1CCCCC(F)(F)F. The predicted molar refractivity (Wildman–Crippen MR) is 63.5 cm³/mol. The van der Waals surface area contributed by atoms with Gasteiger partial charge < -0.3 is 4.90 Å². The van der Waals surface area contributed by atoms with Crippen LogP contribution in [0.2, 0.25) is 0 Å². The summed E-state index contributed by atoms with van der Waals surface area (Å²) < 4.78 is 49.0. The number of halogens is 4. The maximum atomic E-state index is 13.1. The molecule has 0 saturated carbocycles. The van der Waals surface area contributed by atoms with Crippen LogP contribution in [0, 0.1) is 11.2 Å². The summed E-state index contributed by atoms with van der Waals surface area (Å²) in [4.78, 5) is 1.68. The second-order valence-electron chi connectivity index (χ2n) is 4.64. The van der Waals surface area contributed by atoms with E-state index in [1.54, 1.807) is 11.0 Å². The maximum absolute atomic E-state index is 13.1. The number of fused-ring (bicyclic) bond motifs is 1. The van der Waals surface area contributed by atoms with Crippen LogP contribution < -0.4 is 0 Å². The molecule has 6 heteroatoms. The fourth-order valence-corrected chi connectivity index (χ4v) is 2.18. The van der Waals surface area contributed by atoms with Crippen LogP contribution in [-0.2, 0) is 6.54 Å². The first kappa shape index (κ1) is 13.8. The molecule has 0 bridgehead atoms. The van der Waals surface area contributed by atoms with Crippen molar-refractivity contribution in [2.24, 2.45) is 0 Å². The highest BCUT2D eigenvalue weighted by atomic mass is 19.4. The van der Waals surface area contributed by atoms with E-state index in [4.69, 9.17) is 5.41 Å². The van der Waals surface area contributed by atoms with Crippen molar-refractivity contribution in [3.8, 4) is 0 Å². The number of nitrogens with one attached hydrogen (secondary N) is 1. The molecule has 0 spiro atoms. The number of hydrogen-bond acceptors (Lipinski definition) is 1. The number of amidine groups is 1. The molecule has 2 nitrogen and oxygen atoms in total. The third kappa shape index (κ3) is 3.45. The lowest BCUT2D eigenvalue weighted by molar-refractivity contribution is -0.135. The minimum Gasteiger partial charge on any atom is -0.352 e.